The SMILES string of the molecule is CCCCCCCCCCOC(C)C1=C(C)C2CC3[N-]C(CC4[N-]C(CC5NC(CC1N2)C(C)=C5C(C)OCCCCCCCCCC)C(C)C4CCC(=O)NC(CC(=O)[O-])C(=O)[O-])C(CCC(=O)NC(CC(=O)[O-])C(=O)[O-])C3C.[Ga+3].[H+].[H+].[H+]. The number of fused-ring (bicyclic) bond motifs is 8. The van der Waals surface area contributed by atoms with Crippen molar-refractivity contribution in [1.29, 1.82) is 0 Å². The number of carbonyl (C=O) groups excluding carboxylic acids is 6. The van der Waals surface area contributed by atoms with Crippen LogP contribution in [0.15, 0.2) is 22.3 Å². The zero-order valence-corrected chi connectivity index (χ0v) is 52.8. The molecule has 5 heterocycles. The van der Waals surface area contributed by atoms with Crippen LogP contribution in [0, 0.1) is 23.7 Å². The standard InChI is InChI=1S/C62H104N6O12.Ga/c1-9-11-13-15-17-19-21-23-29-79-41(7)59-39(5)47-31-45-37(3)43(25-27-55(69)67-53(61(75)76)35-57(71)72)49(63-45)34-50-44(26-28-56(70)68-54(62(77)78)36-58(73)74)38(4)46(64-50)32-51-60(40(6)48(66-51)33-52(59)65-47)42(8)80-30-24-22-20-18-16-14-12-10-2;/h37-38,41-54,65-66H,9-36H2,1-8H3,(H,67,69)(H,68,70)(H,71,72)(H,73,74)(H,75,76)(H,77,78);/q-2;+3/p-1. The van der Waals surface area contributed by atoms with Gasteiger partial charge in [-0.25, -0.2) is 0 Å². The van der Waals surface area contributed by atoms with Crippen molar-refractivity contribution in [1.82, 2.24) is 21.3 Å². The number of nitrogens with zero attached hydrogens (tertiary/aromatic N) is 2. The van der Waals surface area contributed by atoms with Crippen LogP contribution in [0.25, 0.3) is 10.6 Å². The molecule has 5 aliphatic rings. The third-order valence-electron chi connectivity index (χ3n) is 18.7. The van der Waals surface area contributed by atoms with E-state index in [1.807, 2.05) is 0 Å². The normalized spacial score (nSPS) is 28.7. The molecule has 0 radical (unpaired) electrons. The van der Waals surface area contributed by atoms with Gasteiger partial charge < -0.3 is 81.0 Å². The zero-order valence-electron chi connectivity index (χ0n) is 53.4. The fourth-order valence-electron chi connectivity index (χ4n) is 14.1. The molecule has 0 aromatic carbocycles. The number of rotatable bonds is 36. The van der Waals surface area contributed by atoms with E-state index in [-0.39, 0.29) is 121 Å². The van der Waals surface area contributed by atoms with Crippen molar-refractivity contribution in [2.24, 2.45) is 23.7 Å². The molecule has 4 N–H and O–H groups in total. The molecule has 3 fully saturated rings. The molecule has 2 amide bonds. The summed E-state index contributed by atoms with van der Waals surface area (Å²) < 4.78 is 13.5. The minimum Gasteiger partial charge on any atom is -0.656 e. The second-order valence-corrected chi connectivity index (χ2v) is 24.5. The minimum absolute atomic E-state index is 0. The van der Waals surface area contributed by atoms with Crippen LogP contribution in [0.3, 0.4) is 0 Å². The van der Waals surface area contributed by atoms with Crippen molar-refractivity contribution in [3.05, 3.63) is 32.9 Å². The van der Waals surface area contributed by atoms with Gasteiger partial charge in [-0.3, -0.25) is 9.59 Å². The molecule has 0 spiro atoms. The Morgan fingerprint density at radius 1 is 0.531 bits per heavy atom. The van der Waals surface area contributed by atoms with E-state index in [0.29, 0.717) is 45.3 Å². The maximum Gasteiger partial charge on any atom is 3.00 e. The number of hydrogen-bond donors (Lipinski definition) is 4. The maximum absolute atomic E-state index is 13.4. The molecule has 19 heteroatoms. The van der Waals surface area contributed by atoms with Gasteiger partial charge in [-0.2, -0.15) is 0 Å². The van der Waals surface area contributed by atoms with Gasteiger partial charge in [-0.05, 0) is 83.8 Å². The Hall–Kier alpha value is -3.30. The van der Waals surface area contributed by atoms with Gasteiger partial charge in [0.1, 0.15) is 0 Å². The van der Waals surface area contributed by atoms with E-state index >= 15 is 0 Å². The summed E-state index contributed by atoms with van der Waals surface area (Å²) in [5.74, 6) is -8.25. The summed E-state index contributed by atoms with van der Waals surface area (Å²) in [7, 11) is 0. The van der Waals surface area contributed by atoms with Gasteiger partial charge in [0.05, 0.1) is 36.2 Å². The number of ether oxygens (including phenoxy) is 2. The summed E-state index contributed by atoms with van der Waals surface area (Å²) in [5, 5.41) is 70.5. The molecular weight excluding hydrogens is 1090 g/mol. The van der Waals surface area contributed by atoms with Crippen molar-refractivity contribution in [3.8, 4) is 0 Å². The predicted molar refractivity (Wildman–Crippen MR) is 309 cm³/mol. The summed E-state index contributed by atoms with van der Waals surface area (Å²) in [6, 6.07) is -4.42. The molecule has 0 saturated carbocycles. The maximum atomic E-state index is 13.4. The van der Waals surface area contributed by atoms with Gasteiger partial charge in [0.15, 0.2) is 0 Å². The van der Waals surface area contributed by atoms with Crippen LogP contribution in [-0.2, 0) is 38.2 Å². The smallest absolute Gasteiger partial charge is 0.656 e. The first-order valence-corrected chi connectivity index (χ1v) is 31.2. The van der Waals surface area contributed by atoms with E-state index in [9.17, 15) is 49.2 Å². The fraction of sp³-hybridized carbons (Fsp3) is 0.839. The number of nitrogens with one attached hydrogen (secondary N) is 4. The Labute approximate surface area is 502 Å². The summed E-state index contributed by atoms with van der Waals surface area (Å²) in [6.45, 7) is 19.0. The van der Waals surface area contributed by atoms with Gasteiger partial charge in [-0.1, -0.05) is 159 Å². The largest absolute Gasteiger partial charge is 3.00 e. The summed E-state index contributed by atoms with van der Waals surface area (Å²) in [4.78, 5) is 73.2. The number of unbranched alkanes of at least 4 members (excludes halogenated alkanes) is 14. The molecule has 16 unspecified atom stereocenters. The van der Waals surface area contributed by atoms with Crippen molar-refractivity contribution >= 4 is 55.5 Å². The first-order valence-electron chi connectivity index (χ1n) is 31.2. The van der Waals surface area contributed by atoms with Crippen molar-refractivity contribution < 1.29 is 62.9 Å². The van der Waals surface area contributed by atoms with Crippen LogP contribution in [0.1, 0.15) is 227 Å². The predicted octanol–water partition coefficient (Wildman–Crippen LogP) is 4.99. The molecule has 0 aromatic rings. The molecule has 8 bridgehead atoms. The molecular formula is C62H103GaN6O12. The number of carbonyl (C=O) groups is 6. The third kappa shape index (κ3) is 21.6. The fourth-order valence-corrected chi connectivity index (χ4v) is 14.1. The van der Waals surface area contributed by atoms with Gasteiger partial charge in [0.25, 0.3) is 0 Å². The topological polar surface area (TPSA) is 289 Å². The number of carboxylic acids is 4. The van der Waals surface area contributed by atoms with Crippen molar-refractivity contribution in [3.63, 3.8) is 0 Å². The second-order valence-electron chi connectivity index (χ2n) is 24.5. The van der Waals surface area contributed by atoms with Gasteiger partial charge in [0.2, 0.25) is 11.8 Å². The van der Waals surface area contributed by atoms with Crippen molar-refractivity contribution in [2.75, 3.05) is 13.2 Å². The summed E-state index contributed by atoms with van der Waals surface area (Å²) in [6.07, 6.45) is 20.4. The minimum atomic E-state index is -1.75. The molecule has 81 heavy (non-hydrogen) atoms. The quantitative estimate of drug-likeness (QED) is 0.0366. The Morgan fingerprint density at radius 2 is 0.877 bits per heavy atom. The molecule has 0 aliphatic carbocycles. The Morgan fingerprint density at radius 3 is 1.25 bits per heavy atom. The monoisotopic (exact) mass is 1190 g/mol. The van der Waals surface area contributed by atoms with Crippen molar-refractivity contribution in [2.45, 2.75) is 295 Å². The van der Waals surface area contributed by atoms with Gasteiger partial charge in [0, 0.05) is 75.0 Å². The van der Waals surface area contributed by atoms with Gasteiger partial charge >= 0.3 is 24.1 Å². The summed E-state index contributed by atoms with van der Waals surface area (Å²) >= 11 is 0. The van der Waals surface area contributed by atoms with E-state index in [1.165, 1.54) is 99.3 Å². The van der Waals surface area contributed by atoms with E-state index in [4.69, 9.17) is 20.1 Å². The van der Waals surface area contributed by atoms with E-state index in [2.05, 4.69) is 76.7 Å². The molecule has 3 saturated heterocycles. The van der Waals surface area contributed by atoms with Crippen LogP contribution in [0.5, 0.6) is 0 Å². The average Bonchev–Trinajstić information content (AvgIpc) is 4.22. The van der Waals surface area contributed by atoms with Gasteiger partial charge in [-0.15, -0.1) is 24.2 Å². The zero-order chi connectivity index (χ0) is 58.5. The Balaban J connectivity index is 0.00000882. The van der Waals surface area contributed by atoms with E-state index in [0.717, 1.165) is 32.1 Å². The number of carboxylic acid groups (broad SMARTS) is 4. The van der Waals surface area contributed by atoms with Crippen LogP contribution in [-0.4, -0.2) is 141 Å². The first-order chi connectivity index (χ1) is 38.2. The Bertz CT molecular complexity index is 2100. The third-order valence-corrected chi connectivity index (χ3v) is 18.7. The molecule has 16 atom stereocenters. The molecule has 18 nitrogen and oxygen atoms in total. The first kappa shape index (κ1) is 70.2. The van der Waals surface area contributed by atoms with Crippen LogP contribution >= 0.6 is 0 Å². The van der Waals surface area contributed by atoms with Crippen LogP contribution in [0.2, 0.25) is 0 Å². The Kier molecular flexibility index (Phi) is 31.1. The molecule has 0 aromatic heterocycles. The number of amides is 2. The van der Waals surface area contributed by atoms with E-state index < -0.39 is 60.6 Å². The molecule has 456 valence electrons. The van der Waals surface area contributed by atoms with E-state index in [1.54, 1.807) is 0 Å². The average molecular weight is 1190 g/mol. The second kappa shape index (κ2) is 35.9. The number of hydrogen-bond acceptors (Lipinski definition) is 14. The van der Waals surface area contributed by atoms with Crippen LogP contribution in [0.4, 0.5) is 0 Å². The number of aliphatic carboxylic acids is 4. The molecule has 5 rings (SSSR count). The molecule has 5 aliphatic heterocycles. The van der Waals surface area contributed by atoms with Crippen LogP contribution < -0.4 is 41.7 Å². The summed E-state index contributed by atoms with van der Waals surface area (Å²) in [5.41, 5.74) is 5.07.